The van der Waals surface area contributed by atoms with E-state index in [1.165, 1.54) is 12.8 Å². The fourth-order valence-corrected chi connectivity index (χ4v) is 2.39. The maximum atomic E-state index is 9.39. The predicted molar refractivity (Wildman–Crippen MR) is 58.9 cm³/mol. The third-order valence-electron chi connectivity index (χ3n) is 3.02. The van der Waals surface area contributed by atoms with E-state index in [2.05, 4.69) is 6.26 Å². The van der Waals surface area contributed by atoms with Crippen LogP contribution in [0.1, 0.15) is 25.7 Å². The SMILES string of the molecule is CSCCC(CN)(CO)CC1CC1. The van der Waals surface area contributed by atoms with E-state index in [0.29, 0.717) is 6.54 Å². The zero-order valence-electron chi connectivity index (χ0n) is 8.46. The van der Waals surface area contributed by atoms with Crippen molar-refractivity contribution in [1.82, 2.24) is 0 Å². The Labute approximate surface area is 85.3 Å². The van der Waals surface area contributed by atoms with Gasteiger partial charge in [0.2, 0.25) is 0 Å². The number of thioether (sulfide) groups is 1. The molecule has 78 valence electrons. The number of hydrogen-bond acceptors (Lipinski definition) is 3. The molecule has 1 atom stereocenters. The Balaban J connectivity index is 2.38. The molecule has 0 radical (unpaired) electrons. The smallest absolute Gasteiger partial charge is 0.0499 e. The molecule has 0 aromatic carbocycles. The van der Waals surface area contributed by atoms with Gasteiger partial charge in [-0.25, -0.2) is 0 Å². The van der Waals surface area contributed by atoms with Gasteiger partial charge in [0.1, 0.15) is 0 Å². The van der Waals surface area contributed by atoms with E-state index in [0.717, 1.165) is 24.5 Å². The van der Waals surface area contributed by atoms with Crippen molar-refractivity contribution in [3.8, 4) is 0 Å². The van der Waals surface area contributed by atoms with E-state index in [1.54, 1.807) is 0 Å². The van der Waals surface area contributed by atoms with Gasteiger partial charge < -0.3 is 10.8 Å². The molecule has 1 fully saturated rings. The third-order valence-corrected chi connectivity index (χ3v) is 3.64. The quantitative estimate of drug-likeness (QED) is 0.659. The monoisotopic (exact) mass is 203 g/mol. The zero-order valence-corrected chi connectivity index (χ0v) is 9.28. The molecule has 0 saturated heterocycles. The van der Waals surface area contributed by atoms with Crippen molar-refractivity contribution in [2.75, 3.05) is 25.2 Å². The number of rotatable bonds is 7. The van der Waals surface area contributed by atoms with E-state index in [-0.39, 0.29) is 12.0 Å². The lowest BCUT2D eigenvalue weighted by atomic mass is 9.81. The molecule has 1 aliphatic rings. The molecular formula is C10H21NOS. The van der Waals surface area contributed by atoms with Gasteiger partial charge in [0.05, 0.1) is 0 Å². The second kappa shape index (κ2) is 5.23. The molecule has 2 nitrogen and oxygen atoms in total. The molecule has 13 heavy (non-hydrogen) atoms. The molecule has 0 heterocycles. The minimum absolute atomic E-state index is 0.0319. The summed E-state index contributed by atoms with van der Waals surface area (Å²) in [6.07, 6.45) is 7.01. The van der Waals surface area contributed by atoms with E-state index in [4.69, 9.17) is 5.73 Å². The molecule has 0 amide bonds. The van der Waals surface area contributed by atoms with Gasteiger partial charge in [-0.1, -0.05) is 12.8 Å². The maximum Gasteiger partial charge on any atom is 0.0499 e. The summed E-state index contributed by atoms with van der Waals surface area (Å²) in [6, 6.07) is 0. The first-order valence-corrected chi connectivity index (χ1v) is 6.45. The van der Waals surface area contributed by atoms with Crippen LogP contribution >= 0.6 is 11.8 Å². The molecule has 1 saturated carbocycles. The molecular weight excluding hydrogens is 182 g/mol. The summed E-state index contributed by atoms with van der Waals surface area (Å²) in [4.78, 5) is 0. The molecule has 1 unspecified atom stereocenters. The minimum Gasteiger partial charge on any atom is -0.396 e. The minimum atomic E-state index is 0.0319. The molecule has 0 aliphatic heterocycles. The summed E-state index contributed by atoms with van der Waals surface area (Å²) < 4.78 is 0. The van der Waals surface area contributed by atoms with Crippen molar-refractivity contribution in [3.63, 3.8) is 0 Å². The first-order chi connectivity index (χ1) is 6.26. The largest absolute Gasteiger partial charge is 0.396 e. The molecule has 1 aliphatic carbocycles. The Morgan fingerprint density at radius 3 is 2.62 bits per heavy atom. The molecule has 3 heteroatoms. The van der Waals surface area contributed by atoms with Gasteiger partial charge >= 0.3 is 0 Å². The van der Waals surface area contributed by atoms with Crippen LogP contribution in [0.2, 0.25) is 0 Å². The molecule has 0 spiro atoms. The van der Waals surface area contributed by atoms with Gasteiger partial charge in [-0.15, -0.1) is 0 Å². The van der Waals surface area contributed by atoms with Crippen LogP contribution in [0.4, 0.5) is 0 Å². The van der Waals surface area contributed by atoms with Crippen molar-refractivity contribution < 1.29 is 5.11 Å². The van der Waals surface area contributed by atoms with Crippen molar-refractivity contribution in [2.24, 2.45) is 17.1 Å². The number of hydrogen-bond donors (Lipinski definition) is 2. The molecule has 3 N–H and O–H groups in total. The number of nitrogens with two attached hydrogens (primary N) is 1. The van der Waals surface area contributed by atoms with Crippen molar-refractivity contribution in [3.05, 3.63) is 0 Å². The van der Waals surface area contributed by atoms with Crippen LogP contribution in [0.25, 0.3) is 0 Å². The summed E-state index contributed by atoms with van der Waals surface area (Å²) in [6.45, 7) is 0.904. The summed E-state index contributed by atoms with van der Waals surface area (Å²) in [7, 11) is 0. The number of aliphatic hydroxyl groups excluding tert-OH is 1. The second-order valence-electron chi connectivity index (χ2n) is 4.25. The fraction of sp³-hybridized carbons (Fsp3) is 1.00. The Bertz CT molecular complexity index is 144. The van der Waals surface area contributed by atoms with Crippen LogP contribution in [-0.2, 0) is 0 Å². The summed E-state index contributed by atoms with van der Waals surface area (Å²) in [5.41, 5.74) is 5.80. The Kier molecular flexibility index (Phi) is 4.56. The molecule has 0 aromatic rings. The van der Waals surface area contributed by atoms with Gasteiger partial charge in [0, 0.05) is 18.6 Å². The van der Waals surface area contributed by atoms with Gasteiger partial charge in [-0.3, -0.25) is 0 Å². The Hall–Kier alpha value is 0.270. The van der Waals surface area contributed by atoms with Gasteiger partial charge in [-0.2, -0.15) is 11.8 Å². The molecule has 1 rings (SSSR count). The topological polar surface area (TPSA) is 46.2 Å². The molecule has 0 bridgehead atoms. The van der Waals surface area contributed by atoms with Crippen molar-refractivity contribution in [1.29, 1.82) is 0 Å². The average molecular weight is 203 g/mol. The van der Waals surface area contributed by atoms with E-state index >= 15 is 0 Å². The summed E-state index contributed by atoms with van der Waals surface area (Å²) >= 11 is 1.84. The first-order valence-electron chi connectivity index (χ1n) is 5.06. The fourth-order valence-electron chi connectivity index (χ4n) is 1.75. The van der Waals surface area contributed by atoms with Crippen LogP contribution in [0.5, 0.6) is 0 Å². The highest BCUT2D eigenvalue weighted by atomic mass is 32.2. The van der Waals surface area contributed by atoms with Crippen molar-refractivity contribution in [2.45, 2.75) is 25.7 Å². The highest BCUT2D eigenvalue weighted by molar-refractivity contribution is 7.98. The second-order valence-corrected chi connectivity index (χ2v) is 5.24. The highest BCUT2D eigenvalue weighted by Crippen LogP contribution is 2.41. The van der Waals surface area contributed by atoms with E-state index in [9.17, 15) is 5.11 Å². The van der Waals surface area contributed by atoms with Crippen LogP contribution in [-0.4, -0.2) is 30.3 Å². The zero-order chi connectivity index (χ0) is 9.73. The van der Waals surface area contributed by atoms with E-state index < -0.39 is 0 Å². The average Bonchev–Trinajstić information content (AvgIpc) is 2.96. The lowest BCUT2D eigenvalue weighted by Gasteiger charge is -2.30. The van der Waals surface area contributed by atoms with Crippen LogP contribution < -0.4 is 5.73 Å². The van der Waals surface area contributed by atoms with Crippen LogP contribution in [0.3, 0.4) is 0 Å². The lowest BCUT2D eigenvalue weighted by molar-refractivity contribution is 0.113. The predicted octanol–water partition coefficient (Wildman–Crippen LogP) is 1.48. The van der Waals surface area contributed by atoms with Crippen LogP contribution in [0, 0.1) is 11.3 Å². The first kappa shape index (κ1) is 11.3. The van der Waals surface area contributed by atoms with E-state index in [1.807, 2.05) is 11.8 Å². The van der Waals surface area contributed by atoms with Gasteiger partial charge in [0.25, 0.3) is 0 Å². The van der Waals surface area contributed by atoms with Gasteiger partial charge in [0.15, 0.2) is 0 Å². The third kappa shape index (κ3) is 3.49. The van der Waals surface area contributed by atoms with Crippen LogP contribution in [0.15, 0.2) is 0 Å². The summed E-state index contributed by atoms with van der Waals surface area (Å²) in [5, 5.41) is 9.39. The Morgan fingerprint density at radius 1 is 1.54 bits per heavy atom. The lowest BCUT2D eigenvalue weighted by Crippen LogP contribution is -2.35. The Morgan fingerprint density at radius 2 is 2.23 bits per heavy atom. The highest BCUT2D eigenvalue weighted by Gasteiger charge is 2.35. The summed E-state index contributed by atoms with van der Waals surface area (Å²) in [5.74, 6) is 1.97. The van der Waals surface area contributed by atoms with Gasteiger partial charge in [-0.05, 0) is 30.8 Å². The van der Waals surface area contributed by atoms with Crippen molar-refractivity contribution >= 4 is 11.8 Å². The standard InChI is InChI=1S/C10H21NOS/c1-13-5-4-10(7-11,8-12)6-9-2-3-9/h9,12H,2-8,11H2,1H3. The number of aliphatic hydroxyl groups is 1. The maximum absolute atomic E-state index is 9.39. The normalized spacial score (nSPS) is 21.5. The molecule has 0 aromatic heterocycles.